The van der Waals surface area contributed by atoms with E-state index < -0.39 is 23.7 Å². The molecule has 0 unspecified atom stereocenters. The summed E-state index contributed by atoms with van der Waals surface area (Å²) in [5.74, 6) is -0.504. The minimum atomic E-state index is -0.656. The van der Waals surface area contributed by atoms with Gasteiger partial charge in [-0.2, -0.15) is 0 Å². The number of rotatable bonds is 7. The van der Waals surface area contributed by atoms with Crippen molar-refractivity contribution in [1.29, 1.82) is 0 Å². The monoisotopic (exact) mass is 452 g/mol. The largest absolute Gasteiger partial charge is 0.333 e. The molecular formula is C23H28N6O4. The van der Waals surface area contributed by atoms with Crippen LogP contribution >= 0.6 is 0 Å². The molecule has 0 saturated heterocycles. The fraction of sp³-hybridized carbons (Fsp3) is 0.435. The summed E-state index contributed by atoms with van der Waals surface area (Å²) in [6.07, 6.45) is 2.33. The van der Waals surface area contributed by atoms with Crippen LogP contribution in [0.5, 0.6) is 0 Å². The third-order valence-corrected chi connectivity index (χ3v) is 5.80. The van der Waals surface area contributed by atoms with Crippen molar-refractivity contribution in [2.75, 3.05) is 0 Å². The Labute approximate surface area is 190 Å². The number of fused-ring (bicyclic) bond motifs is 1. The molecule has 2 heterocycles. The lowest BCUT2D eigenvalue weighted by Crippen LogP contribution is -2.48. The Hall–Kier alpha value is -3.69. The Balaban J connectivity index is 1.70. The van der Waals surface area contributed by atoms with Crippen LogP contribution in [0.4, 0.5) is 0 Å². The third-order valence-electron chi connectivity index (χ3n) is 5.80. The van der Waals surface area contributed by atoms with Crippen LogP contribution in [0.2, 0.25) is 0 Å². The van der Waals surface area contributed by atoms with Crippen LogP contribution in [0.1, 0.15) is 32.8 Å². The number of amides is 2. The Morgan fingerprint density at radius 1 is 1.12 bits per heavy atom. The van der Waals surface area contributed by atoms with Crippen molar-refractivity contribution in [2.45, 2.75) is 46.8 Å². The van der Waals surface area contributed by atoms with Crippen LogP contribution in [0.15, 0.2) is 46.2 Å². The Kier molecular flexibility index (Phi) is 6.17. The number of hydrogen-bond donors (Lipinski definition) is 2. The average molecular weight is 453 g/mol. The summed E-state index contributed by atoms with van der Waals surface area (Å²) >= 11 is 0. The number of hydrogen-bond acceptors (Lipinski definition) is 5. The summed E-state index contributed by atoms with van der Waals surface area (Å²) in [5, 5.41) is 0. The van der Waals surface area contributed by atoms with Gasteiger partial charge in [0.25, 0.3) is 11.5 Å². The van der Waals surface area contributed by atoms with Gasteiger partial charge in [-0.1, -0.05) is 51.1 Å². The van der Waals surface area contributed by atoms with Crippen LogP contribution < -0.4 is 22.1 Å². The minimum absolute atomic E-state index is 0.113. The van der Waals surface area contributed by atoms with Gasteiger partial charge in [0.1, 0.15) is 6.54 Å². The molecule has 10 heteroatoms. The molecule has 1 aliphatic rings. The number of nitrogens with one attached hydrogen (secondary N) is 2. The number of benzene rings is 1. The van der Waals surface area contributed by atoms with E-state index in [4.69, 9.17) is 0 Å². The quantitative estimate of drug-likeness (QED) is 0.516. The number of imidazole rings is 1. The maximum Gasteiger partial charge on any atom is 0.333 e. The number of aromatic nitrogens is 4. The van der Waals surface area contributed by atoms with Gasteiger partial charge in [0.05, 0.1) is 12.9 Å². The van der Waals surface area contributed by atoms with E-state index in [1.807, 2.05) is 51.1 Å². The van der Waals surface area contributed by atoms with Gasteiger partial charge < -0.3 is 4.57 Å². The summed E-state index contributed by atoms with van der Waals surface area (Å²) in [6.45, 7) is 6.21. The maximum absolute atomic E-state index is 13.3. The second kappa shape index (κ2) is 9.05. The maximum atomic E-state index is 13.3. The van der Waals surface area contributed by atoms with E-state index in [1.165, 1.54) is 4.57 Å². The fourth-order valence-corrected chi connectivity index (χ4v) is 3.91. The molecule has 1 saturated carbocycles. The van der Waals surface area contributed by atoms with Crippen molar-refractivity contribution in [3.05, 3.63) is 63.1 Å². The van der Waals surface area contributed by atoms with Gasteiger partial charge in [0.2, 0.25) is 5.91 Å². The topological polar surface area (TPSA) is 120 Å². The summed E-state index contributed by atoms with van der Waals surface area (Å²) in [6, 6.07) is 9.35. The van der Waals surface area contributed by atoms with Crippen molar-refractivity contribution in [3.8, 4) is 0 Å². The molecule has 1 aromatic carbocycles. The van der Waals surface area contributed by atoms with Crippen molar-refractivity contribution in [2.24, 2.45) is 17.8 Å². The molecular weight excluding hydrogens is 424 g/mol. The standard InChI is InChI=1S/C23H28N6O4/c1-14(2)10-27-13-24-20-19(27)22(32)29(12-18(30)25-26-21(31)17-9-15(17)3)23(33)28(20)11-16-7-5-4-6-8-16/h4-8,13-15,17H,9-12H2,1-3H3,(H,25,30)(H,26,31)/t15-,17-/m1/s1. The Bertz CT molecular complexity index is 1300. The van der Waals surface area contributed by atoms with Gasteiger partial charge in [0.15, 0.2) is 11.2 Å². The van der Waals surface area contributed by atoms with E-state index in [1.54, 1.807) is 10.9 Å². The van der Waals surface area contributed by atoms with E-state index in [9.17, 15) is 19.2 Å². The first-order valence-electron chi connectivity index (χ1n) is 11.1. The number of nitrogens with zero attached hydrogens (tertiary/aromatic N) is 4. The van der Waals surface area contributed by atoms with Gasteiger partial charge in [-0.15, -0.1) is 0 Å². The van der Waals surface area contributed by atoms with E-state index in [-0.39, 0.29) is 35.5 Å². The molecule has 4 rings (SSSR count). The zero-order valence-corrected chi connectivity index (χ0v) is 18.9. The third kappa shape index (κ3) is 4.74. The van der Waals surface area contributed by atoms with Crippen LogP contribution in [-0.2, 0) is 29.2 Å². The van der Waals surface area contributed by atoms with Crippen molar-refractivity contribution in [1.82, 2.24) is 29.5 Å². The van der Waals surface area contributed by atoms with E-state index in [2.05, 4.69) is 15.8 Å². The molecule has 1 aliphatic carbocycles. The molecule has 33 heavy (non-hydrogen) atoms. The SMILES string of the molecule is CC(C)Cn1cnc2c1c(=O)n(CC(=O)NNC(=O)[C@@H]1C[C@H]1C)c(=O)n2Cc1ccccc1. The molecule has 2 amide bonds. The fourth-order valence-electron chi connectivity index (χ4n) is 3.91. The zero-order valence-electron chi connectivity index (χ0n) is 18.9. The molecule has 3 aromatic rings. The average Bonchev–Trinajstić information content (AvgIpc) is 3.38. The predicted octanol–water partition coefficient (Wildman–Crippen LogP) is 0.867. The van der Waals surface area contributed by atoms with Crippen molar-refractivity contribution < 1.29 is 9.59 Å². The van der Waals surface area contributed by atoms with Crippen LogP contribution in [-0.4, -0.2) is 30.5 Å². The zero-order chi connectivity index (χ0) is 23.7. The first-order chi connectivity index (χ1) is 15.8. The van der Waals surface area contributed by atoms with Crippen LogP contribution in [0.3, 0.4) is 0 Å². The number of hydrazine groups is 1. The molecule has 174 valence electrons. The summed E-state index contributed by atoms with van der Waals surface area (Å²) < 4.78 is 4.01. The highest BCUT2D eigenvalue weighted by molar-refractivity contribution is 5.85. The Morgan fingerprint density at radius 2 is 1.82 bits per heavy atom. The first kappa shape index (κ1) is 22.5. The summed E-state index contributed by atoms with van der Waals surface area (Å²) in [4.78, 5) is 55.4. The highest BCUT2D eigenvalue weighted by Crippen LogP contribution is 2.37. The molecule has 2 aromatic heterocycles. The predicted molar refractivity (Wildman–Crippen MR) is 122 cm³/mol. The van der Waals surface area contributed by atoms with Gasteiger partial charge in [-0.05, 0) is 23.8 Å². The van der Waals surface area contributed by atoms with Crippen molar-refractivity contribution >= 4 is 23.0 Å². The van der Waals surface area contributed by atoms with Gasteiger partial charge in [0, 0.05) is 12.5 Å². The van der Waals surface area contributed by atoms with Crippen LogP contribution in [0, 0.1) is 17.8 Å². The van der Waals surface area contributed by atoms with Gasteiger partial charge >= 0.3 is 5.69 Å². The smallest absolute Gasteiger partial charge is 0.324 e. The highest BCUT2D eigenvalue weighted by Gasteiger charge is 2.39. The second-order valence-electron chi connectivity index (χ2n) is 9.07. The molecule has 0 spiro atoms. The number of carbonyl (C=O) groups excluding carboxylic acids is 2. The lowest BCUT2D eigenvalue weighted by molar-refractivity contribution is -0.130. The van der Waals surface area contributed by atoms with Gasteiger partial charge in [-0.25, -0.2) is 14.3 Å². The molecule has 0 aliphatic heterocycles. The van der Waals surface area contributed by atoms with E-state index in [0.29, 0.717) is 12.5 Å². The molecule has 0 bridgehead atoms. The summed E-state index contributed by atoms with van der Waals surface area (Å²) in [7, 11) is 0. The first-order valence-corrected chi connectivity index (χ1v) is 11.1. The summed E-state index contributed by atoms with van der Waals surface area (Å²) in [5.41, 5.74) is 4.88. The van der Waals surface area contributed by atoms with Crippen molar-refractivity contribution in [3.63, 3.8) is 0 Å². The van der Waals surface area contributed by atoms with Gasteiger partial charge in [-0.3, -0.25) is 29.8 Å². The molecule has 2 N–H and O–H groups in total. The molecule has 2 atom stereocenters. The van der Waals surface area contributed by atoms with E-state index >= 15 is 0 Å². The number of carbonyl (C=O) groups is 2. The Morgan fingerprint density at radius 3 is 2.45 bits per heavy atom. The van der Waals surface area contributed by atoms with E-state index in [0.717, 1.165) is 16.6 Å². The molecule has 1 fully saturated rings. The normalized spacial score (nSPS) is 17.3. The van der Waals surface area contributed by atoms with Crippen LogP contribution in [0.25, 0.3) is 11.2 Å². The highest BCUT2D eigenvalue weighted by atomic mass is 16.2. The second-order valence-corrected chi connectivity index (χ2v) is 9.07. The molecule has 10 nitrogen and oxygen atoms in total. The minimum Gasteiger partial charge on any atom is -0.324 e. The lowest BCUT2D eigenvalue weighted by atomic mass is 10.2. The lowest BCUT2D eigenvalue weighted by Gasteiger charge is -2.14. The molecule has 0 radical (unpaired) electrons.